The van der Waals surface area contributed by atoms with Crippen LogP contribution in [0.25, 0.3) is 0 Å². The second-order valence-corrected chi connectivity index (χ2v) is 4.92. The maximum Gasteiger partial charge on any atom is 0.184 e. The monoisotopic (exact) mass is 231 g/mol. The van der Waals surface area contributed by atoms with Crippen LogP contribution >= 0.6 is 22.9 Å². The third kappa shape index (κ3) is 2.38. The van der Waals surface area contributed by atoms with E-state index in [4.69, 9.17) is 17.3 Å². The molecule has 1 aliphatic rings. The summed E-state index contributed by atoms with van der Waals surface area (Å²) in [5.74, 6) is 0. The van der Waals surface area contributed by atoms with E-state index in [1.807, 2.05) is 5.38 Å². The molecular formula is C9H14ClN3S. The highest BCUT2D eigenvalue weighted by Gasteiger charge is 2.22. The quantitative estimate of drug-likeness (QED) is 0.822. The van der Waals surface area contributed by atoms with Crippen molar-refractivity contribution >= 4 is 28.1 Å². The molecule has 78 valence electrons. The summed E-state index contributed by atoms with van der Waals surface area (Å²) in [6.45, 7) is 0. The minimum atomic E-state index is 0.256. The number of nitrogens with two attached hydrogens (primary N) is 1. The van der Waals surface area contributed by atoms with Crippen molar-refractivity contribution in [2.75, 3.05) is 5.32 Å². The molecule has 0 amide bonds. The molecule has 2 atom stereocenters. The lowest BCUT2D eigenvalue weighted by molar-refractivity contribution is 0.404. The largest absolute Gasteiger partial charge is 0.357 e. The Morgan fingerprint density at radius 2 is 2.29 bits per heavy atom. The zero-order chi connectivity index (χ0) is 9.97. The Labute approximate surface area is 92.7 Å². The molecule has 0 spiro atoms. The maximum atomic E-state index is 6.01. The van der Waals surface area contributed by atoms with Crippen LogP contribution < -0.4 is 11.1 Å². The summed E-state index contributed by atoms with van der Waals surface area (Å²) in [4.78, 5) is 4.16. The zero-order valence-corrected chi connectivity index (χ0v) is 9.44. The van der Waals surface area contributed by atoms with Crippen LogP contribution in [-0.2, 0) is 0 Å². The van der Waals surface area contributed by atoms with E-state index in [1.165, 1.54) is 24.2 Å². The molecule has 0 saturated heterocycles. The molecule has 0 radical (unpaired) electrons. The van der Waals surface area contributed by atoms with E-state index < -0.39 is 0 Å². The first-order chi connectivity index (χ1) is 6.75. The lowest BCUT2D eigenvalue weighted by Crippen LogP contribution is -2.42. The minimum Gasteiger partial charge on any atom is -0.357 e. The van der Waals surface area contributed by atoms with Crippen molar-refractivity contribution in [1.82, 2.24) is 4.98 Å². The molecule has 2 unspecified atom stereocenters. The molecule has 5 heteroatoms. The predicted octanol–water partition coefficient (Wildman–Crippen LogP) is 2.48. The van der Waals surface area contributed by atoms with E-state index in [0.717, 1.165) is 18.0 Å². The summed E-state index contributed by atoms with van der Waals surface area (Å²) >= 11 is 7.28. The van der Waals surface area contributed by atoms with Crippen LogP contribution in [0.1, 0.15) is 25.7 Å². The van der Waals surface area contributed by atoms with Gasteiger partial charge >= 0.3 is 0 Å². The number of hydrogen-bond donors (Lipinski definition) is 2. The fourth-order valence-corrected chi connectivity index (χ4v) is 2.72. The van der Waals surface area contributed by atoms with Crippen molar-refractivity contribution in [2.45, 2.75) is 37.8 Å². The van der Waals surface area contributed by atoms with Crippen molar-refractivity contribution in [1.29, 1.82) is 0 Å². The van der Waals surface area contributed by atoms with Crippen molar-refractivity contribution in [3.63, 3.8) is 0 Å². The fraction of sp³-hybridized carbons (Fsp3) is 0.667. The highest BCUT2D eigenvalue weighted by atomic mass is 35.5. The van der Waals surface area contributed by atoms with Crippen LogP contribution in [0.15, 0.2) is 5.38 Å². The number of aromatic nitrogens is 1. The van der Waals surface area contributed by atoms with Gasteiger partial charge in [-0.3, -0.25) is 0 Å². The highest BCUT2D eigenvalue weighted by molar-refractivity contribution is 7.14. The first kappa shape index (κ1) is 10.2. The molecule has 1 aromatic heterocycles. The van der Waals surface area contributed by atoms with Gasteiger partial charge in [-0.2, -0.15) is 0 Å². The molecule has 1 fully saturated rings. The van der Waals surface area contributed by atoms with Gasteiger partial charge in [0.2, 0.25) is 0 Å². The van der Waals surface area contributed by atoms with Crippen molar-refractivity contribution in [3.8, 4) is 0 Å². The number of hydrogen-bond acceptors (Lipinski definition) is 4. The molecule has 3 N–H and O–H groups in total. The minimum absolute atomic E-state index is 0.256. The average Bonchev–Trinajstić information content (AvgIpc) is 2.56. The summed E-state index contributed by atoms with van der Waals surface area (Å²) in [7, 11) is 0. The Kier molecular flexibility index (Phi) is 3.26. The van der Waals surface area contributed by atoms with Gasteiger partial charge in [0, 0.05) is 17.5 Å². The third-order valence-corrected chi connectivity index (χ3v) is 3.70. The molecule has 0 aromatic carbocycles. The summed E-state index contributed by atoms with van der Waals surface area (Å²) in [5.41, 5.74) is 6.01. The second-order valence-electron chi connectivity index (χ2n) is 3.67. The predicted molar refractivity (Wildman–Crippen MR) is 61.0 cm³/mol. The maximum absolute atomic E-state index is 6.01. The summed E-state index contributed by atoms with van der Waals surface area (Å²) in [6, 6.07) is 0.623. The number of nitrogens with zero attached hydrogens (tertiary/aromatic N) is 1. The van der Waals surface area contributed by atoms with Gasteiger partial charge in [0.05, 0.1) is 0 Å². The van der Waals surface area contributed by atoms with E-state index in [0.29, 0.717) is 11.2 Å². The number of rotatable bonds is 2. The van der Waals surface area contributed by atoms with E-state index in [2.05, 4.69) is 10.3 Å². The normalized spacial score (nSPS) is 27.6. The number of thiazole rings is 1. The van der Waals surface area contributed by atoms with E-state index in [1.54, 1.807) is 0 Å². The smallest absolute Gasteiger partial charge is 0.184 e. The third-order valence-electron chi connectivity index (χ3n) is 2.60. The lowest BCUT2D eigenvalue weighted by Gasteiger charge is -2.28. The first-order valence-corrected chi connectivity index (χ1v) is 6.14. The van der Waals surface area contributed by atoms with Crippen molar-refractivity contribution in [2.24, 2.45) is 5.73 Å². The highest BCUT2D eigenvalue weighted by Crippen LogP contribution is 2.24. The van der Waals surface area contributed by atoms with E-state index in [9.17, 15) is 0 Å². The second kappa shape index (κ2) is 4.47. The Hall–Kier alpha value is -0.320. The molecule has 1 saturated carbocycles. The molecule has 1 heterocycles. The fourth-order valence-electron chi connectivity index (χ4n) is 1.82. The van der Waals surface area contributed by atoms with Crippen molar-refractivity contribution < 1.29 is 0 Å². The molecule has 1 aromatic rings. The van der Waals surface area contributed by atoms with Crippen molar-refractivity contribution in [3.05, 3.63) is 10.5 Å². The van der Waals surface area contributed by atoms with Gasteiger partial charge in [0.15, 0.2) is 5.13 Å². The Balaban J connectivity index is 1.95. The molecule has 0 bridgehead atoms. The number of halogens is 1. The topological polar surface area (TPSA) is 50.9 Å². The molecule has 14 heavy (non-hydrogen) atoms. The summed E-state index contributed by atoms with van der Waals surface area (Å²) in [5, 5.41) is 6.62. The standard InChI is InChI=1S/C9H14ClN3S/c10-8-5-14-9(13-8)12-7-4-2-1-3-6(7)11/h5-7H,1-4,11H2,(H,12,13). The lowest BCUT2D eigenvalue weighted by atomic mass is 9.91. The van der Waals surface area contributed by atoms with Crippen LogP contribution in [0.3, 0.4) is 0 Å². The van der Waals surface area contributed by atoms with Gasteiger partial charge in [-0.15, -0.1) is 11.3 Å². The summed E-state index contributed by atoms with van der Waals surface area (Å²) < 4.78 is 0. The zero-order valence-electron chi connectivity index (χ0n) is 7.87. The van der Waals surface area contributed by atoms with Crippen LogP contribution in [0.4, 0.5) is 5.13 Å². The number of anilines is 1. The van der Waals surface area contributed by atoms with Crippen LogP contribution in [0, 0.1) is 0 Å². The first-order valence-electron chi connectivity index (χ1n) is 4.89. The van der Waals surface area contributed by atoms with E-state index in [-0.39, 0.29) is 6.04 Å². The van der Waals surface area contributed by atoms with Gasteiger partial charge in [0.25, 0.3) is 0 Å². The molecular weight excluding hydrogens is 218 g/mol. The van der Waals surface area contributed by atoms with Gasteiger partial charge in [-0.1, -0.05) is 24.4 Å². The number of nitrogens with one attached hydrogen (secondary N) is 1. The Morgan fingerprint density at radius 1 is 1.50 bits per heavy atom. The Bertz CT molecular complexity index is 302. The van der Waals surface area contributed by atoms with Crippen LogP contribution in [0.2, 0.25) is 5.15 Å². The average molecular weight is 232 g/mol. The van der Waals surface area contributed by atoms with Gasteiger partial charge in [-0.05, 0) is 12.8 Å². The van der Waals surface area contributed by atoms with Gasteiger partial charge in [0.1, 0.15) is 5.15 Å². The SMILES string of the molecule is NC1CCCCC1Nc1nc(Cl)cs1. The van der Waals surface area contributed by atoms with Gasteiger partial charge in [-0.25, -0.2) is 4.98 Å². The molecule has 3 nitrogen and oxygen atoms in total. The van der Waals surface area contributed by atoms with Crippen LogP contribution in [0.5, 0.6) is 0 Å². The molecule has 2 rings (SSSR count). The van der Waals surface area contributed by atoms with Crippen LogP contribution in [-0.4, -0.2) is 17.1 Å². The Morgan fingerprint density at radius 3 is 2.93 bits per heavy atom. The van der Waals surface area contributed by atoms with E-state index >= 15 is 0 Å². The van der Waals surface area contributed by atoms with Gasteiger partial charge < -0.3 is 11.1 Å². The molecule has 0 aliphatic heterocycles. The molecule has 1 aliphatic carbocycles. The summed E-state index contributed by atoms with van der Waals surface area (Å²) in [6.07, 6.45) is 4.75.